The molecular formula is C16H16FN3O2S. The Morgan fingerprint density at radius 2 is 2.17 bits per heavy atom. The summed E-state index contributed by atoms with van der Waals surface area (Å²) in [5.74, 6) is -0.750. The van der Waals surface area contributed by atoms with Gasteiger partial charge in [0.2, 0.25) is 11.8 Å². The summed E-state index contributed by atoms with van der Waals surface area (Å²) in [6.45, 7) is 1.53. The molecule has 1 aromatic heterocycles. The number of amides is 2. The highest BCUT2D eigenvalue weighted by Crippen LogP contribution is 2.21. The molecule has 120 valence electrons. The molecule has 2 amide bonds. The lowest BCUT2D eigenvalue weighted by Gasteiger charge is -2.10. The molecule has 0 fully saturated rings. The van der Waals surface area contributed by atoms with Crippen molar-refractivity contribution < 1.29 is 14.0 Å². The number of primary amides is 1. The van der Waals surface area contributed by atoms with Gasteiger partial charge in [0.1, 0.15) is 5.82 Å². The molecule has 0 saturated heterocycles. The number of pyridine rings is 1. The average molecular weight is 333 g/mol. The van der Waals surface area contributed by atoms with Gasteiger partial charge in [0.25, 0.3) is 0 Å². The fourth-order valence-corrected chi connectivity index (χ4v) is 2.65. The molecule has 0 aliphatic rings. The van der Waals surface area contributed by atoms with Crippen molar-refractivity contribution in [3.8, 4) is 0 Å². The van der Waals surface area contributed by atoms with Crippen LogP contribution in [0.5, 0.6) is 0 Å². The molecule has 0 atom stereocenters. The van der Waals surface area contributed by atoms with Gasteiger partial charge in [0, 0.05) is 35.0 Å². The van der Waals surface area contributed by atoms with E-state index in [-0.39, 0.29) is 28.5 Å². The van der Waals surface area contributed by atoms with Crippen LogP contribution in [0.3, 0.4) is 0 Å². The van der Waals surface area contributed by atoms with Gasteiger partial charge in [-0.2, -0.15) is 0 Å². The van der Waals surface area contributed by atoms with Gasteiger partial charge in [-0.25, -0.2) is 4.39 Å². The number of carbonyl (C=O) groups is 2. The second-order valence-electron chi connectivity index (χ2n) is 4.90. The SMILES string of the molecule is Cc1c(F)cc(C(N)=O)cc1NC(=O)CSCc1cccnc1. The van der Waals surface area contributed by atoms with E-state index >= 15 is 0 Å². The summed E-state index contributed by atoms with van der Waals surface area (Å²) in [7, 11) is 0. The smallest absolute Gasteiger partial charge is 0.248 e. The predicted molar refractivity (Wildman–Crippen MR) is 88.7 cm³/mol. The van der Waals surface area contributed by atoms with Crippen molar-refractivity contribution in [1.82, 2.24) is 4.98 Å². The molecule has 3 N–H and O–H groups in total. The Labute approximate surface area is 137 Å². The van der Waals surface area contributed by atoms with E-state index in [1.807, 2.05) is 12.1 Å². The number of aromatic nitrogens is 1. The maximum atomic E-state index is 13.8. The molecule has 0 aliphatic carbocycles. The Balaban J connectivity index is 1.96. The third-order valence-electron chi connectivity index (χ3n) is 3.13. The van der Waals surface area contributed by atoms with Crippen molar-refractivity contribution >= 4 is 29.3 Å². The largest absolute Gasteiger partial charge is 0.366 e. The first-order valence-electron chi connectivity index (χ1n) is 6.84. The highest BCUT2D eigenvalue weighted by molar-refractivity contribution is 7.99. The monoisotopic (exact) mass is 333 g/mol. The number of thioether (sulfide) groups is 1. The maximum absolute atomic E-state index is 13.8. The van der Waals surface area contributed by atoms with Crippen molar-refractivity contribution in [3.63, 3.8) is 0 Å². The second-order valence-corrected chi connectivity index (χ2v) is 5.88. The number of hydrogen-bond donors (Lipinski definition) is 2. The van der Waals surface area contributed by atoms with Gasteiger partial charge in [-0.1, -0.05) is 6.07 Å². The molecule has 2 aromatic rings. The molecule has 0 unspecified atom stereocenters. The molecule has 1 aromatic carbocycles. The maximum Gasteiger partial charge on any atom is 0.248 e. The number of carbonyl (C=O) groups excluding carboxylic acids is 2. The van der Waals surface area contributed by atoms with E-state index in [1.54, 1.807) is 12.4 Å². The van der Waals surface area contributed by atoms with Crippen LogP contribution in [0.25, 0.3) is 0 Å². The average Bonchev–Trinajstić information content (AvgIpc) is 2.52. The number of anilines is 1. The summed E-state index contributed by atoms with van der Waals surface area (Å²) in [6.07, 6.45) is 3.42. The number of halogens is 1. The van der Waals surface area contributed by atoms with Crippen molar-refractivity contribution in [2.75, 3.05) is 11.1 Å². The summed E-state index contributed by atoms with van der Waals surface area (Å²) in [6, 6.07) is 6.19. The van der Waals surface area contributed by atoms with Crippen LogP contribution in [0.1, 0.15) is 21.5 Å². The van der Waals surface area contributed by atoms with Gasteiger partial charge in [-0.05, 0) is 30.7 Å². The zero-order chi connectivity index (χ0) is 16.8. The van der Waals surface area contributed by atoms with Gasteiger partial charge < -0.3 is 11.1 Å². The van der Waals surface area contributed by atoms with Crippen molar-refractivity contribution in [1.29, 1.82) is 0 Å². The van der Waals surface area contributed by atoms with E-state index < -0.39 is 11.7 Å². The molecule has 0 bridgehead atoms. The minimum Gasteiger partial charge on any atom is -0.366 e. The summed E-state index contributed by atoms with van der Waals surface area (Å²) in [5.41, 5.74) is 6.71. The lowest BCUT2D eigenvalue weighted by molar-refractivity contribution is -0.113. The third-order valence-corrected chi connectivity index (χ3v) is 4.13. The normalized spacial score (nSPS) is 10.3. The topological polar surface area (TPSA) is 85.1 Å². The lowest BCUT2D eigenvalue weighted by Crippen LogP contribution is -2.17. The van der Waals surface area contributed by atoms with Crippen LogP contribution < -0.4 is 11.1 Å². The highest BCUT2D eigenvalue weighted by Gasteiger charge is 2.12. The quantitative estimate of drug-likeness (QED) is 0.850. The molecule has 23 heavy (non-hydrogen) atoms. The van der Waals surface area contributed by atoms with Crippen LogP contribution in [0.4, 0.5) is 10.1 Å². The Bertz CT molecular complexity index is 723. The summed E-state index contributed by atoms with van der Waals surface area (Å²) in [5, 5.41) is 2.61. The standard InChI is InChI=1S/C16H16FN3O2S/c1-10-13(17)5-12(16(18)22)6-14(10)20-15(21)9-23-8-11-3-2-4-19-7-11/h2-7H,8-9H2,1H3,(H2,18,22)(H,20,21). The number of benzene rings is 1. The molecule has 0 saturated carbocycles. The van der Waals surface area contributed by atoms with Gasteiger partial charge in [0.05, 0.1) is 5.75 Å². The summed E-state index contributed by atoms with van der Waals surface area (Å²) < 4.78 is 13.8. The Morgan fingerprint density at radius 3 is 2.83 bits per heavy atom. The molecule has 7 heteroatoms. The fraction of sp³-hybridized carbons (Fsp3) is 0.188. The fourth-order valence-electron chi connectivity index (χ4n) is 1.88. The molecule has 1 heterocycles. The Kier molecular flexibility index (Phi) is 5.70. The first-order chi connectivity index (χ1) is 11.0. The van der Waals surface area contributed by atoms with E-state index in [4.69, 9.17) is 5.73 Å². The first kappa shape index (κ1) is 17.0. The molecule has 0 aliphatic heterocycles. The van der Waals surface area contributed by atoms with Gasteiger partial charge in [-0.3, -0.25) is 14.6 Å². The van der Waals surface area contributed by atoms with Crippen LogP contribution in [0, 0.1) is 12.7 Å². The summed E-state index contributed by atoms with van der Waals surface area (Å²) in [4.78, 5) is 27.1. The molecule has 0 spiro atoms. The number of nitrogens with two attached hydrogens (primary N) is 1. The van der Waals surface area contributed by atoms with Crippen molar-refractivity contribution in [2.24, 2.45) is 5.73 Å². The van der Waals surface area contributed by atoms with Crippen molar-refractivity contribution in [3.05, 3.63) is 59.2 Å². The summed E-state index contributed by atoms with van der Waals surface area (Å²) >= 11 is 1.42. The zero-order valence-electron chi connectivity index (χ0n) is 12.5. The van der Waals surface area contributed by atoms with Crippen LogP contribution in [-0.2, 0) is 10.5 Å². The van der Waals surface area contributed by atoms with E-state index in [0.717, 1.165) is 11.6 Å². The Morgan fingerprint density at radius 1 is 1.39 bits per heavy atom. The predicted octanol–water partition coefficient (Wildman–Crippen LogP) is 2.50. The molecule has 2 rings (SSSR count). The highest BCUT2D eigenvalue weighted by atomic mass is 32.2. The first-order valence-corrected chi connectivity index (χ1v) is 7.99. The van der Waals surface area contributed by atoms with E-state index in [2.05, 4.69) is 10.3 Å². The number of rotatable bonds is 6. The van der Waals surface area contributed by atoms with Crippen LogP contribution in [-0.4, -0.2) is 22.6 Å². The van der Waals surface area contributed by atoms with Crippen LogP contribution in [0.15, 0.2) is 36.7 Å². The molecular weight excluding hydrogens is 317 g/mol. The van der Waals surface area contributed by atoms with E-state index in [9.17, 15) is 14.0 Å². The van der Waals surface area contributed by atoms with Crippen LogP contribution in [0.2, 0.25) is 0 Å². The second kappa shape index (κ2) is 7.73. The van der Waals surface area contributed by atoms with E-state index in [0.29, 0.717) is 5.75 Å². The van der Waals surface area contributed by atoms with Gasteiger partial charge >= 0.3 is 0 Å². The number of hydrogen-bond acceptors (Lipinski definition) is 4. The molecule has 5 nitrogen and oxygen atoms in total. The van der Waals surface area contributed by atoms with E-state index in [1.165, 1.54) is 24.8 Å². The van der Waals surface area contributed by atoms with Gasteiger partial charge in [0.15, 0.2) is 0 Å². The minimum absolute atomic E-state index is 0.0198. The van der Waals surface area contributed by atoms with Gasteiger partial charge in [-0.15, -0.1) is 11.8 Å². The minimum atomic E-state index is -0.745. The Hall–Kier alpha value is -2.41. The third kappa shape index (κ3) is 4.79. The molecule has 0 radical (unpaired) electrons. The lowest BCUT2D eigenvalue weighted by atomic mass is 10.1. The number of nitrogens with zero attached hydrogens (tertiary/aromatic N) is 1. The number of nitrogens with one attached hydrogen (secondary N) is 1. The van der Waals surface area contributed by atoms with Crippen molar-refractivity contribution in [2.45, 2.75) is 12.7 Å². The zero-order valence-corrected chi connectivity index (χ0v) is 13.3. The van der Waals surface area contributed by atoms with Crippen LogP contribution >= 0.6 is 11.8 Å².